The second-order valence-corrected chi connectivity index (χ2v) is 12.6. The first kappa shape index (κ1) is 30.0. The number of carbonyl (C=O) groups is 3. The number of hydrogen-bond acceptors (Lipinski definition) is 11. The molecule has 3 N–H and O–H groups in total. The third-order valence-electron chi connectivity index (χ3n) is 7.35. The lowest BCUT2D eigenvalue weighted by atomic mass is 9.75. The number of Topliss-reactive ketones (excluding diaryl/α,β-unsaturated/α-hetero) is 1. The SMILES string of the molecule is COC(=O)c1ccc(NC(=O)CSc2nnc(N3C(N)=C(C#N)C(c4ccc(C(C)C)cc4)C4=C3CCCC4=O)s2)cc1. The molecule has 1 aromatic heterocycles. The van der Waals surface area contributed by atoms with E-state index in [-0.39, 0.29) is 23.3 Å². The van der Waals surface area contributed by atoms with E-state index >= 15 is 0 Å². The van der Waals surface area contributed by atoms with Crippen LogP contribution in [0.4, 0.5) is 10.8 Å². The second kappa shape index (κ2) is 12.8. The van der Waals surface area contributed by atoms with Crippen molar-refractivity contribution in [3.63, 3.8) is 0 Å². The Morgan fingerprint density at radius 1 is 1.16 bits per heavy atom. The van der Waals surface area contributed by atoms with Crippen LogP contribution in [0.15, 0.2) is 75.5 Å². The summed E-state index contributed by atoms with van der Waals surface area (Å²) in [7, 11) is 1.31. The fourth-order valence-corrected chi connectivity index (χ4v) is 6.88. The van der Waals surface area contributed by atoms with Gasteiger partial charge in [0.1, 0.15) is 5.82 Å². The number of aromatic nitrogens is 2. The van der Waals surface area contributed by atoms with Gasteiger partial charge in [-0.1, -0.05) is 61.2 Å². The summed E-state index contributed by atoms with van der Waals surface area (Å²) in [6, 6.07) is 16.7. The molecule has 43 heavy (non-hydrogen) atoms. The Labute approximate surface area is 257 Å². The van der Waals surface area contributed by atoms with E-state index in [0.717, 1.165) is 11.3 Å². The zero-order chi connectivity index (χ0) is 30.7. The Balaban J connectivity index is 1.36. The summed E-state index contributed by atoms with van der Waals surface area (Å²) in [6.07, 6.45) is 1.69. The molecule has 1 amide bonds. The number of nitrogens with one attached hydrogen (secondary N) is 1. The maximum Gasteiger partial charge on any atom is 0.337 e. The van der Waals surface area contributed by atoms with Crippen LogP contribution >= 0.6 is 23.1 Å². The molecule has 2 aliphatic rings. The molecule has 3 aromatic rings. The topological polar surface area (TPSA) is 151 Å². The zero-order valence-electron chi connectivity index (χ0n) is 23.9. The summed E-state index contributed by atoms with van der Waals surface area (Å²) in [5.41, 5.74) is 11.2. The van der Waals surface area contributed by atoms with Gasteiger partial charge in [0.2, 0.25) is 11.0 Å². The molecule has 2 heterocycles. The van der Waals surface area contributed by atoms with Crippen molar-refractivity contribution >= 4 is 51.6 Å². The Morgan fingerprint density at radius 3 is 2.53 bits per heavy atom. The molecule has 10 nitrogen and oxygen atoms in total. The fraction of sp³-hybridized carbons (Fsp3) is 0.290. The highest BCUT2D eigenvalue weighted by atomic mass is 32.2. The van der Waals surface area contributed by atoms with Gasteiger partial charge in [0.05, 0.1) is 36.0 Å². The third-order valence-corrected chi connectivity index (χ3v) is 9.40. The number of thioether (sulfide) groups is 1. The van der Waals surface area contributed by atoms with Crippen molar-refractivity contribution in [2.75, 3.05) is 23.1 Å². The highest BCUT2D eigenvalue weighted by Crippen LogP contribution is 2.47. The van der Waals surface area contributed by atoms with Gasteiger partial charge in [-0.3, -0.25) is 14.5 Å². The van der Waals surface area contributed by atoms with Crippen LogP contribution in [0.2, 0.25) is 0 Å². The summed E-state index contributed by atoms with van der Waals surface area (Å²) < 4.78 is 5.22. The predicted molar refractivity (Wildman–Crippen MR) is 166 cm³/mol. The smallest absolute Gasteiger partial charge is 0.337 e. The van der Waals surface area contributed by atoms with Crippen molar-refractivity contribution < 1.29 is 19.1 Å². The summed E-state index contributed by atoms with van der Waals surface area (Å²) in [6.45, 7) is 4.23. The molecule has 0 saturated carbocycles. The molecule has 1 atom stereocenters. The number of nitriles is 1. The lowest BCUT2D eigenvalue weighted by Crippen LogP contribution is -2.38. The van der Waals surface area contributed by atoms with Crippen molar-refractivity contribution in [1.29, 1.82) is 5.26 Å². The number of ether oxygens (including phenoxy) is 1. The van der Waals surface area contributed by atoms with Gasteiger partial charge >= 0.3 is 5.97 Å². The Morgan fingerprint density at radius 2 is 1.88 bits per heavy atom. The molecule has 0 fully saturated rings. The normalized spacial score (nSPS) is 16.7. The number of amides is 1. The van der Waals surface area contributed by atoms with E-state index in [9.17, 15) is 19.6 Å². The summed E-state index contributed by atoms with van der Waals surface area (Å²) in [5, 5.41) is 22.0. The van der Waals surface area contributed by atoms with Crippen LogP contribution in [0.3, 0.4) is 0 Å². The molecular weight excluding hydrogens is 585 g/mol. The summed E-state index contributed by atoms with van der Waals surface area (Å²) in [4.78, 5) is 39.2. The number of methoxy groups -OCH3 is 1. The monoisotopic (exact) mass is 614 g/mol. The number of carbonyl (C=O) groups excluding carboxylic acids is 3. The maximum atomic E-state index is 13.4. The van der Waals surface area contributed by atoms with Crippen LogP contribution in [0.1, 0.15) is 66.4 Å². The Bertz CT molecular complexity index is 1670. The van der Waals surface area contributed by atoms with Crippen molar-refractivity contribution in [2.24, 2.45) is 5.73 Å². The summed E-state index contributed by atoms with van der Waals surface area (Å²) >= 11 is 2.45. The van der Waals surface area contributed by atoms with Gasteiger partial charge in [0.15, 0.2) is 10.1 Å². The number of ketones is 1. The molecule has 0 saturated heterocycles. The highest BCUT2D eigenvalue weighted by Gasteiger charge is 2.41. The first-order chi connectivity index (χ1) is 20.7. The number of benzene rings is 2. The van der Waals surface area contributed by atoms with Crippen LogP contribution < -0.4 is 16.0 Å². The van der Waals surface area contributed by atoms with Crippen molar-refractivity contribution in [3.8, 4) is 6.07 Å². The first-order valence-corrected chi connectivity index (χ1v) is 15.5. The first-order valence-electron chi connectivity index (χ1n) is 13.7. The van der Waals surface area contributed by atoms with Gasteiger partial charge in [0.25, 0.3) is 0 Å². The second-order valence-electron chi connectivity index (χ2n) is 10.4. The summed E-state index contributed by atoms with van der Waals surface area (Å²) in [5.74, 6) is -0.600. The standard InChI is InChI=1S/C31H30N6O4S2/c1-17(2)18-7-9-19(10-8-18)26-22(15-32)28(33)37(23-5-4-6-24(38)27(23)26)30-35-36-31(43-30)42-16-25(39)34-21-13-11-20(12-14-21)29(40)41-3/h7-14,17,26H,4-6,16,33H2,1-3H3,(H,34,39). The van der Waals surface area contributed by atoms with E-state index in [4.69, 9.17) is 5.73 Å². The minimum atomic E-state index is -0.544. The minimum Gasteiger partial charge on any atom is -0.465 e. The number of nitrogens with two attached hydrogens (primary N) is 1. The average molecular weight is 615 g/mol. The number of anilines is 2. The minimum absolute atomic E-state index is 0.000148. The fourth-order valence-electron chi connectivity index (χ4n) is 5.19. The van der Waals surface area contributed by atoms with E-state index in [0.29, 0.717) is 57.0 Å². The number of rotatable bonds is 8. The van der Waals surface area contributed by atoms with Crippen molar-refractivity contribution in [1.82, 2.24) is 10.2 Å². The molecule has 0 spiro atoms. The largest absolute Gasteiger partial charge is 0.465 e. The van der Waals surface area contributed by atoms with Crippen molar-refractivity contribution in [3.05, 3.63) is 87.9 Å². The molecule has 2 aromatic carbocycles. The van der Waals surface area contributed by atoms with Crippen LogP contribution in [-0.4, -0.2) is 40.7 Å². The molecule has 1 unspecified atom stereocenters. The van der Waals surface area contributed by atoms with E-state index in [1.165, 1.54) is 35.8 Å². The van der Waals surface area contributed by atoms with Gasteiger partial charge in [-0.2, -0.15) is 5.26 Å². The van der Waals surface area contributed by atoms with Crippen molar-refractivity contribution in [2.45, 2.75) is 49.3 Å². The molecule has 1 aliphatic carbocycles. The van der Waals surface area contributed by atoms with E-state index in [1.54, 1.807) is 29.2 Å². The lowest BCUT2D eigenvalue weighted by molar-refractivity contribution is -0.116. The predicted octanol–water partition coefficient (Wildman–Crippen LogP) is 5.48. The van der Waals surface area contributed by atoms with Gasteiger partial charge < -0.3 is 15.8 Å². The van der Waals surface area contributed by atoms with Crippen LogP contribution in [0, 0.1) is 11.3 Å². The molecule has 220 valence electrons. The highest BCUT2D eigenvalue weighted by molar-refractivity contribution is 8.01. The number of allylic oxidation sites excluding steroid dienone is 3. The molecular formula is C31H30N6O4S2. The van der Waals surface area contributed by atoms with E-state index in [1.807, 2.05) is 24.3 Å². The number of hydrogen-bond donors (Lipinski definition) is 2. The van der Waals surface area contributed by atoms with Gasteiger partial charge in [-0.05, 0) is 54.2 Å². The molecule has 12 heteroatoms. The zero-order valence-corrected chi connectivity index (χ0v) is 25.6. The Hall–Kier alpha value is -4.47. The quantitative estimate of drug-likeness (QED) is 0.246. The third kappa shape index (κ3) is 6.18. The Kier molecular flexibility index (Phi) is 8.94. The van der Waals surface area contributed by atoms with Gasteiger partial charge in [0, 0.05) is 23.4 Å². The van der Waals surface area contributed by atoms with Crippen LogP contribution in [0.25, 0.3) is 0 Å². The van der Waals surface area contributed by atoms with Crippen LogP contribution in [-0.2, 0) is 14.3 Å². The molecule has 1 aliphatic heterocycles. The molecule has 0 radical (unpaired) electrons. The van der Waals surface area contributed by atoms with E-state index < -0.39 is 11.9 Å². The molecule has 5 rings (SSSR count). The number of esters is 1. The lowest BCUT2D eigenvalue weighted by Gasteiger charge is -2.38. The van der Waals surface area contributed by atoms with Gasteiger partial charge in [-0.25, -0.2) is 4.79 Å². The average Bonchev–Trinajstić information content (AvgIpc) is 3.48. The molecule has 0 bridgehead atoms. The van der Waals surface area contributed by atoms with Gasteiger partial charge in [-0.15, -0.1) is 10.2 Å². The van der Waals surface area contributed by atoms with Crippen LogP contribution in [0.5, 0.6) is 0 Å². The van der Waals surface area contributed by atoms with E-state index in [2.05, 4.69) is 40.2 Å². The maximum absolute atomic E-state index is 13.4. The number of nitrogens with zero attached hydrogens (tertiary/aromatic N) is 4.